The third kappa shape index (κ3) is 2.63. The van der Waals surface area contributed by atoms with E-state index in [1.807, 2.05) is 18.2 Å². The summed E-state index contributed by atoms with van der Waals surface area (Å²) in [5.41, 5.74) is 1.68. The van der Waals surface area contributed by atoms with E-state index in [1.165, 1.54) is 12.1 Å². The largest absolute Gasteiger partial charge is 0.416 e. The van der Waals surface area contributed by atoms with E-state index >= 15 is 0 Å². The molecule has 3 rings (SSSR count). The smallest absolute Gasteiger partial charge is 0.326 e. The van der Waals surface area contributed by atoms with Crippen LogP contribution in [0, 0.1) is 0 Å². The average Bonchev–Trinajstić information content (AvgIpc) is 2.45. The maximum Gasteiger partial charge on any atom is 0.416 e. The van der Waals surface area contributed by atoms with Crippen molar-refractivity contribution in [1.29, 1.82) is 0 Å². The molecule has 1 amide bonds. The molecule has 1 aliphatic rings. The number of para-hydroxylation sites is 1. The van der Waals surface area contributed by atoms with E-state index < -0.39 is 11.7 Å². The zero-order valence-corrected chi connectivity index (χ0v) is 10.9. The topological polar surface area (TPSA) is 29.1 Å². The zero-order chi connectivity index (χ0) is 15.0. The van der Waals surface area contributed by atoms with Gasteiger partial charge in [0.2, 0.25) is 5.91 Å². The maximum atomic E-state index is 12.6. The lowest BCUT2D eigenvalue weighted by Gasteiger charge is -2.26. The van der Waals surface area contributed by atoms with Crippen molar-refractivity contribution in [2.24, 2.45) is 0 Å². The highest BCUT2D eigenvalue weighted by Gasteiger charge is 2.31. The van der Waals surface area contributed by atoms with Crippen LogP contribution in [-0.4, -0.2) is 5.91 Å². The Labute approximate surface area is 119 Å². The van der Waals surface area contributed by atoms with Crippen LogP contribution in [0.15, 0.2) is 48.5 Å². The number of anilines is 1. The second kappa shape index (κ2) is 4.91. The maximum absolute atomic E-state index is 12.6. The van der Waals surface area contributed by atoms with Crippen LogP contribution in [0.2, 0.25) is 0 Å². The Bertz CT molecular complexity index is 677. The van der Waals surface area contributed by atoms with Crippen molar-refractivity contribution < 1.29 is 18.0 Å². The molecular weight excluding hydrogens is 279 g/mol. The molecule has 1 unspecified atom stereocenters. The van der Waals surface area contributed by atoms with E-state index in [9.17, 15) is 18.0 Å². The Morgan fingerprint density at radius 3 is 2.33 bits per heavy atom. The monoisotopic (exact) mass is 291 g/mol. The summed E-state index contributed by atoms with van der Waals surface area (Å²) in [7, 11) is 0. The van der Waals surface area contributed by atoms with Crippen molar-refractivity contribution in [1.82, 2.24) is 0 Å². The Morgan fingerprint density at radius 1 is 1.00 bits per heavy atom. The number of amides is 1. The first-order valence-electron chi connectivity index (χ1n) is 6.51. The molecule has 2 aromatic rings. The molecule has 1 atom stereocenters. The van der Waals surface area contributed by atoms with Gasteiger partial charge in [0.15, 0.2) is 0 Å². The minimum absolute atomic E-state index is 0.126. The van der Waals surface area contributed by atoms with Gasteiger partial charge in [-0.3, -0.25) is 4.79 Å². The summed E-state index contributed by atoms with van der Waals surface area (Å²) in [5.74, 6) is -0.337. The summed E-state index contributed by atoms with van der Waals surface area (Å²) in [6.45, 7) is 0. The van der Waals surface area contributed by atoms with Gasteiger partial charge in [-0.25, -0.2) is 0 Å². The van der Waals surface area contributed by atoms with E-state index in [0.29, 0.717) is 5.56 Å². The molecule has 0 aliphatic carbocycles. The molecule has 5 heteroatoms. The van der Waals surface area contributed by atoms with Gasteiger partial charge in [-0.15, -0.1) is 0 Å². The molecule has 1 heterocycles. The first-order chi connectivity index (χ1) is 9.95. The molecule has 1 N–H and O–H groups in total. The molecule has 2 nitrogen and oxygen atoms in total. The van der Waals surface area contributed by atoms with Gasteiger partial charge in [-0.05, 0) is 29.3 Å². The van der Waals surface area contributed by atoms with Gasteiger partial charge in [0, 0.05) is 18.0 Å². The number of halogens is 3. The fourth-order valence-electron chi connectivity index (χ4n) is 2.61. The van der Waals surface area contributed by atoms with E-state index in [1.54, 1.807) is 6.07 Å². The lowest BCUT2D eigenvalue weighted by atomic mass is 9.84. The van der Waals surface area contributed by atoms with Crippen LogP contribution in [0.3, 0.4) is 0 Å². The van der Waals surface area contributed by atoms with Crippen molar-refractivity contribution >= 4 is 11.6 Å². The molecular formula is C16H12F3NO. The number of hydrogen-bond donors (Lipinski definition) is 1. The van der Waals surface area contributed by atoms with Crippen LogP contribution < -0.4 is 5.32 Å². The van der Waals surface area contributed by atoms with E-state index in [4.69, 9.17) is 0 Å². The van der Waals surface area contributed by atoms with Crippen LogP contribution in [0.1, 0.15) is 29.0 Å². The minimum Gasteiger partial charge on any atom is -0.326 e. The van der Waals surface area contributed by atoms with Gasteiger partial charge in [-0.2, -0.15) is 13.2 Å². The first kappa shape index (κ1) is 13.7. The number of rotatable bonds is 1. The standard InChI is InChI=1S/C16H12F3NO/c17-16(18,19)11-7-5-10(6-8-11)13-9-15(21)20-14-4-2-1-3-12(13)14/h1-8,13H,9H2,(H,20,21). The summed E-state index contributed by atoms with van der Waals surface area (Å²) in [6.07, 6.45) is -4.11. The Kier molecular flexibility index (Phi) is 3.20. The quantitative estimate of drug-likeness (QED) is 0.839. The lowest BCUT2D eigenvalue weighted by molar-refractivity contribution is -0.137. The van der Waals surface area contributed by atoms with E-state index in [0.717, 1.165) is 23.4 Å². The molecule has 0 fully saturated rings. The van der Waals surface area contributed by atoms with Gasteiger partial charge in [-0.1, -0.05) is 30.3 Å². The summed E-state index contributed by atoms with van der Waals surface area (Å²) in [6, 6.07) is 12.4. The SMILES string of the molecule is O=C1CC(c2ccc(C(F)(F)F)cc2)c2ccccc2N1. The number of alkyl halides is 3. The van der Waals surface area contributed by atoms with E-state index in [2.05, 4.69) is 5.32 Å². The summed E-state index contributed by atoms with van der Waals surface area (Å²) < 4.78 is 37.8. The van der Waals surface area contributed by atoms with Gasteiger partial charge in [0.1, 0.15) is 0 Å². The van der Waals surface area contributed by atoms with Gasteiger partial charge in [0.05, 0.1) is 5.56 Å². The van der Waals surface area contributed by atoms with Crippen LogP contribution in [0.25, 0.3) is 0 Å². The van der Waals surface area contributed by atoms with Crippen LogP contribution >= 0.6 is 0 Å². The molecule has 0 spiro atoms. The molecule has 1 aliphatic heterocycles. The zero-order valence-electron chi connectivity index (χ0n) is 10.9. The van der Waals surface area contributed by atoms with Gasteiger partial charge >= 0.3 is 6.18 Å². The molecule has 0 saturated heterocycles. The number of nitrogens with one attached hydrogen (secondary N) is 1. The van der Waals surface area contributed by atoms with Crippen molar-refractivity contribution in [3.63, 3.8) is 0 Å². The Balaban J connectivity index is 1.99. The predicted molar refractivity (Wildman–Crippen MR) is 73.0 cm³/mol. The molecule has 0 bridgehead atoms. The summed E-state index contributed by atoms with van der Waals surface area (Å²) in [5, 5.41) is 2.78. The average molecular weight is 291 g/mol. The van der Waals surface area contributed by atoms with Crippen LogP contribution in [-0.2, 0) is 11.0 Å². The van der Waals surface area contributed by atoms with Gasteiger partial charge < -0.3 is 5.32 Å². The highest BCUT2D eigenvalue weighted by Crippen LogP contribution is 2.38. The highest BCUT2D eigenvalue weighted by molar-refractivity contribution is 5.95. The first-order valence-corrected chi connectivity index (χ1v) is 6.51. The number of carbonyl (C=O) groups excluding carboxylic acids is 1. The third-order valence-electron chi connectivity index (χ3n) is 3.64. The van der Waals surface area contributed by atoms with Crippen molar-refractivity contribution in [2.45, 2.75) is 18.5 Å². The molecule has 2 aromatic carbocycles. The number of hydrogen-bond acceptors (Lipinski definition) is 1. The summed E-state index contributed by atoms with van der Waals surface area (Å²) in [4.78, 5) is 11.7. The number of benzene rings is 2. The third-order valence-corrected chi connectivity index (χ3v) is 3.64. The second-order valence-corrected chi connectivity index (χ2v) is 5.01. The van der Waals surface area contributed by atoms with E-state index in [-0.39, 0.29) is 18.2 Å². The molecule has 0 aromatic heterocycles. The fraction of sp³-hybridized carbons (Fsp3) is 0.188. The number of fused-ring (bicyclic) bond motifs is 1. The molecule has 0 radical (unpaired) electrons. The molecule has 21 heavy (non-hydrogen) atoms. The Morgan fingerprint density at radius 2 is 1.67 bits per heavy atom. The predicted octanol–water partition coefficient (Wildman–Crippen LogP) is 4.18. The lowest BCUT2D eigenvalue weighted by Crippen LogP contribution is -2.23. The Hall–Kier alpha value is -2.30. The van der Waals surface area contributed by atoms with Crippen LogP contribution in [0.5, 0.6) is 0 Å². The highest BCUT2D eigenvalue weighted by atomic mass is 19.4. The molecule has 0 saturated carbocycles. The van der Waals surface area contributed by atoms with Crippen LogP contribution in [0.4, 0.5) is 18.9 Å². The number of carbonyl (C=O) groups is 1. The van der Waals surface area contributed by atoms with Crippen molar-refractivity contribution in [3.8, 4) is 0 Å². The van der Waals surface area contributed by atoms with Crippen molar-refractivity contribution in [3.05, 3.63) is 65.2 Å². The van der Waals surface area contributed by atoms with Crippen molar-refractivity contribution in [2.75, 3.05) is 5.32 Å². The fourth-order valence-corrected chi connectivity index (χ4v) is 2.61. The summed E-state index contributed by atoms with van der Waals surface area (Å²) >= 11 is 0. The second-order valence-electron chi connectivity index (χ2n) is 5.01. The molecule has 108 valence electrons. The minimum atomic E-state index is -4.35. The van der Waals surface area contributed by atoms with Gasteiger partial charge in [0.25, 0.3) is 0 Å². The normalized spacial score (nSPS) is 18.0.